The van der Waals surface area contributed by atoms with E-state index in [4.69, 9.17) is 17.4 Å². The van der Waals surface area contributed by atoms with Crippen LogP contribution in [-0.2, 0) is 0 Å². The first-order valence-electron chi connectivity index (χ1n) is 7.23. The molecule has 0 saturated heterocycles. The lowest BCUT2D eigenvalue weighted by atomic mass is 9.72. The average molecular weight is 281 g/mol. The Morgan fingerprint density at radius 3 is 2.37 bits per heavy atom. The van der Waals surface area contributed by atoms with E-state index in [0.29, 0.717) is 5.92 Å². The molecule has 2 nitrogen and oxygen atoms in total. The zero-order valence-corrected chi connectivity index (χ0v) is 12.9. The largest absolute Gasteiger partial charge is 0.271 e. The van der Waals surface area contributed by atoms with Crippen molar-refractivity contribution in [2.24, 2.45) is 23.6 Å². The highest BCUT2D eigenvalue weighted by atomic mass is 35.5. The number of halogens is 1. The van der Waals surface area contributed by atoms with Gasteiger partial charge in [0.15, 0.2) is 0 Å². The Balaban J connectivity index is 2.21. The van der Waals surface area contributed by atoms with Crippen LogP contribution in [0.25, 0.3) is 0 Å². The molecule has 0 heterocycles. The van der Waals surface area contributed by atoms with Crippen molar-refractivity contribution in [3.8, 4) is 0 Å². The zero-order valence-electron chi connectivity index (χ0n) is 12.1. The normalized spacial score (nSPS) is 29.2. The summed E-state index contributed by atoms with van der Waals surface area (Å²) in [6.07, 6.45) is 3.82. The van der Waals surface area contributed by atoms with Gasteiger partial charge in [0, 0.05) is 11.1 Å². The fourth-order valence-electron chi connectivity index (χ4n) is 3.59. The molecular weight excluding hydrogens is 256 g/mol. The number of benzene rings is 1. The van der Waals surface area contributed by atoms with Gasteiger partial charge in [0.1, 0.15) is 0 Å². The monoisotopic (exact) mass is 280 g/mol. The van der Waals surface area contributed by atoms with Crippen LogP contribution in [-0.4, -0.2) is 0 Å². The lowest BCUT2D eigenvalue weighted by molar-refractivity contribution is 0.177. The van der Waals surface area contributed by atoms with Crippen molar-refractivity contribution in [1.82, 2.24) is 5.43 Å². The van der Waals surface area contributed by atoms with E-state index in [1.54, 1.807) is 0 Å². The van der Waals surface area contributed by atoms with Crippen LogP contribution >= 0.6 is 11.6 Å². The number of hydrogen-bond donors (Lipinski definition) is 2. The van der Waals surface area contributed by atoms with Crippen LogP contribution in [0.15, 0.2) is 18.2 Å². The Morgan fingerprint density at radius 2 is 1.84 bits per heavy atom. The molecule has 3 atom stereocenters. The Kier molecular flexibility index (Phi) is 4.88. The molecule has 1 aromatic carbocycles. The predicted octanol–water partition coefficient (Wildman–Crippen LogP) is 4.23. The molecule has 1 aliphatic carbocycles. The maximum atomic E-state index is 6.24. The Bertz CT molecular complexity index is 423. The van der Waals surface area contributed by atoms with Gasteiger partial charge in [-0.15, -0.1) is 0 Å². The minimum absolute atomic E-state index is 0.211. The minimum Gasteiger partial charge on any atom is -0.271 e. The number of hydrogen-bond acceptors (Lipinski definition) is 2. The van der Waals surface area contributed by atoms with Gasteiger partial charge in [-0.05, 0) is 61.1 Å². The molecule has 0 aromatic heterocycles. The summed E-state index contributed by atoms with van der Waals surface area (Å²) in [4.78, 5) is 0. The topological polar surface area (TPSA) is 38.0 Å². The molecular formula is C16H25ClN2. The Labute approximate surface area is 121 Å². The van der Waals surface area contributed by atoms with Crippen LogP contribution in [0.3, 0.4) is 0 Å². The summed E-state index contributed by atoms with van der Waals surface area (Å²) in [6, 6.07) is 6.50. The summed E-state index contributed by atoms with van der Waals surface area (Å²) >= 11 is 6.24. The van der Waals surface area contributed by atoms with Gasteiger partial charge >= 0.3 is 0 Å². The fourth-order valence-corrected chi connectivity index (χ4v) is 3.78. The van der Waals surface area contributed by atoms with Crippen molar-refractivity contribution in [2.75, 3.05) is 0 Å². The molecule has 0 amide bonds. The summed E-state index contributed by atoms with van der Waals surface area (Å²) in [5.41, 5.74) is 5.35. The van der Waals surface area contributed by atoms with Crippen LogP contribution in [0.1, 0.15) is 50.3 Å². The van der Waals surface area contributed by atoms with Crippen molar-refractivity contribution < 1.29 is 0 Å². The second-order valence-electron chi connectivity index (χ2n) is 6.33. The number of rotatable bonds is 3. The van der Waals surface area contributed by atoms with E-state index in [9.17, 15) is 0 Å². The molecule has 0 spiro atoms. The standard InChI is InChI=1S/C16H25ClN2/c1-10-6-11(2)8-14(7-10)16(19-18)13-5-4-12(3)15(17)9-13/h4-5,9-11,14,16,19H,6-8,18H2,1-3H3. The van der Waals surface area contributed by atoms with Crippen molar-refractivity contribution in [3.63, 3.8) is 0 Å². The molecule has 0 bridgehead atoms. The average Bonchev–Trinajstić information content (AvgIpc) is 2.33. The number of nitrogens with two attached hydrogens (primary N) is 1. The summed E-state index contributed by atoms with van der Waals surface area (Å²) in [5.74, 6) is 7.99. The van der Waals surface area contributed by atoms with Gasteiger partial charge in [-0.2, -0.15) is 0 Å². The third-order valence-electron chi connectivity index (χ3n) is 4.42. The van der Waals surface area contributed by atoms with E-state index in [2.05, 4.69) is 37.5 Å². The van der Waals surface area contributed by atoms with Crippen LogP contribution in [0.2, 0.25) is 5.02 Å². The molecule has 106 valence electrons. The maximum absolute atomic E-state index is 6.24. The molecule has 3 unspecified atom stereocenters. The molecule has 3 N–H and O–H groups in total. The Hall–Kier alpha value is -0.570. The number of aryl methyl sites for hydroxylation is 1. The van der Waals surface area contributed by atoms with E-state index in [1.165, 1.54) is 24.8 Å². The number of nitrogens with one attached hydrogen (secondary N) is 1. The molecule has 2 rings (SSSR count). The number of hydrazine groups is 1. The highest BCUT2D eigenvalue weighted by molar-refractivity contribution is 6.31. The van der Waals surface area contributed by atoms with Crippen LogP contribution in [0, 0.1) is 24.7 Å². The minimum atomic E-state index is 0.211. The predicted molar refractivity (Wildman–Crippen MR) is 81.9 cm³/mol. The lowest BCUT2D eigenvalue weighted by Gasteiger charge is -2.36. The van der Waals surface area contributed by atoms with Crippen LogP contribution in [0.5, 0.6) is 0 Å². The van der Waals surface area contributed by atoms with E-state index in [1.807, 2.05) is 6.92 Å². The molecule has 1 aliphatic rings. The first kappa shape index (κ1) is 14.8. The fraction of sp³-hybridized carbons (Fsp3) is 0.625. The lowest BCUT2D eigenvalue weighted by Crippen LogP contribution is -2.37. The van der Waals surface area contributed by atoms with Gasteiger partial charge in [0.25, 0.3) is 0 Å². The van der Waals surface area contributed by atoms with E-state index >= 15 is 0 Å². The van der Waals surface area contributed by atoms with E-state index in [-0.39, 0.29) is 6.04 Å². The van der Waals surface area contributed by atoms with Crippen LogP contribution < -0.4 is 11.3 Å². The second kappa shape index (κ2) is 6.25. The maximum Gasteiger partial charge on any atom is 0.0488 e. The molecule has 1 saturated carbocycles. The van der Waals surface area contributed by atoms with Gasteiger partial charge in [0.2, 0.25) is 0 Å². The van der Waals surface area contributed by atoms with Crippen molar-refractivity contribution in [2.45, 2.75) is 46.1 Å². The van der Waals surface area contributed by atoms with Crippen molar-refractivity contribution in [3.05, 3.63) is 34.3 Å². The van der Waals surface area contributed by atoms with E-state index in [0.717, 1.165) is 22.4 Å². The summed E-state index contributed by atoms with van der Waals surface area (Å²) in [6.45, 7) is 6.72. The molecule has 0 aliphatic heterocycles. The first-order chi connectivity index (χ1) is 9.01. The highest BCUT2D eigenvalue weighted by Gasteiger charge is 2.30. The van der Waals surface area contributed by atoms with E-state index < -0.39 is 0 Å². The van der Waals surface area contributed by atoms with Crippen LogP contribution in [0.4, 0.5) is 0 Å². The summed E-state index contributed by atoms with van der Waals surface area (Å²) in [7, 11) is 0. The molecule has 1 fully saturated rings. The SMILES string of the molecule is Cc1ccc(C(NN)C2CC(C)CC(C)C2)cc1Cl. The summed E-state index contributed by atoms with van der Waals surface area (Å²) in [5, 5.41) is 0.828. The zero-order chi connectivity index (χ0) is 14.0. The summed E-state index contributed by atoms with van der Waals surface area (Å²) < 4.78 is 0. The molecule has 1 aromatic rings. The highest BCUT2D eigenvalue weighted by Crippen LogP contribution is 2.40. The van der Waals surface area contributed by atoms with Gasteiger partial charge in [0.05, 0.1) is 0 Å². The Morgan fingerprint density at radius 1 is 1.21 bits per heavy atom. The van der Waals surface area contributed by atoms with Gasteiger partial charge in [-0.1, -0.05) is 37.6 Å². The van der Waals surface area contributed by atoms with Crippen molar-refractivity contribution >= 4 is 11.6 Å². The third-order valence-corrected chi connectivity index (χ3v) is 4.83. The van der Waals surface area contributed by atoms with Gasteiger partial charge in [-0.3, -0.25) is 11.3 Å². The van der Waals surface area contributed by atoms with Crippen molar-refractivity contribution in [1.29, 1.82) is 0 Å². The quantitative estimate of drug-likeness (QED) is 0.642. The molecule has 0 radical (unpaired) electrons. The molecule has 19 heavy (non-hydrogen) atoms. The second-order valence-corrected chi connectivity index (χ2v) is 6.74. The molecule has 3 heteroatoms. The first-order valence-corrected chi connectivity index (χ1v) is 7.61. The van der Waals surface area contributed by atoms with Gasteiger partial charge < -0.3 is 0 Å². The smallest absolute Gasteiger partial charge is 0.0488 e. The van der Waals surface area contributed by atoms with Gasteiger partial charge in [-0.25, -0.2) is 0 Å². The third kappa shape index (κ3) is 3.50.